The van der Waals surface area contributed by atoms with Gasteiger partial charge in [-0.05, 0) is 45.0 Å². The summed E-state index contributed by atoms with van der Waals surface area (Å²) >= 11 is 0. The lowest BCUT2D eigenvalue weighted by Gasteiger charge is -2.24. The second kappa shape index (κ2) is 9.37. The van der Waals surface area contributed by atoms with Crippen molar-refractivity contribution < 1.29 is 14.3 Å². The van der Waals surface area contributed by atoms with Crippen LogP contribution in [0.3, 0.4) is 0 Å². The first-order chi connectivity index (χ1) is 12.9. The van der Waals surface area contributed by atoms with Gasteiger partial charge in [0, 0.05) is 18.3 Å². The molecule has 0 aliphatic heterocycles. The molecule has 0 radical (unpaired) electrons. The molecule has 2 aromatic rings. The van der Waals surface area contributed by atoms with Crippen molar-refractivity contribution in [2.75, 3.05) is 27.7 Å². The summed E-state index contributed by atoms with van der Waals surface area (Å²) in [6.45, 7) is 4.21. The average Bonchev–Trinajstić information content (AvgIpc) is 3.01. The van der Waals surface area contributed by atoms with Crippen LogP contribution in [0.1, 0.15) is 44.6 Å². The van der Waals surface area contributed by atoms with Crippen molar-refractivity contribution in [3.63, 3.8) is 0 Å². The average molecular weight is 371 g/mol. The molecule has 0 spiro atoms. The highest BCUT2D eigenvalue weighted by Gasteiger charge is 2.24. The number of esters is 1. The van der Waals surface area contributed by atoms with E-state index in [1.165, 1.54) is 12.7 Å². The van der Waals surface area contributed by atoms with Crippen LogP contribution in [0.2, 0.25) is 0 Å². The number of carbonyl (C=O) groups is 2. The number of H-pyrrole nitrogens is 1. The third kappa shape index (κ3) is 4.98. The molecule has 27 heavy (non-hydrogen) atoms. The zero-order valence-corrected chi connectivity index (χ0v) is 16.8. The van der Waals surface area contributed by atoms with Crippen LogP contribution < -0.4 is 5.32 Å². The van der Waals surface area contributed by atoms with Crippen LogP contribution in [0.25, 0.3) is 0 Å². The maximum atomic E-state index is 12.7. The lowest BCUT2D eigenvalue weighted by molar-refractivity contribution is 0.0599. The largest absolute Gasteiger partial charge is 0.465 e. The van der Waals surface area contributed by atoms with Crippen molar-refractivity contribution >= 4 is 11.9 Å². The van der Waals surface area contributed by atoms with Gasteiger partial charge in [0.15, 0.2) is 0 Å². The van der Waals surface area contributed by atoms with E-state index in [-0.39, 0.29) is 11.9 Å². The molecule has 2 N–H and O–H groups in total. The number of nitrogens with one attached hydrogen (secondary N) is 2. The number of hydrogen-bond acceptors (Lipinski definition) is 4. The molecule has 0 aliphatic rings. The second-order valence-electron chi connectivity index (χ2n) is 6.84. The van der Waals surface area contributed by atoms with Crippen molar-refractivity contribution in [3.8, 4) is 0 Å². The third-order valence-corrected chi connectivity index (χ3v) is 4.84. The van der Waals surface area contributed by atoms with Crippen LogP contribution in [0, 0.1) is 6.92 Å². The molecule has 1 amide bonds. The molecule has 0 fully saturated rings. The Balaban J connectivity index is 2.11. The molecule has 6 nitrogen and oxygen atoms in total. The highest BCUT2D eigenvalue weighted by molar-refractivity contribution is 6.00. The molecule has 0 saturated heterocycles. The van der Waals surface area contributed by atoms with Crippen LogP contribution in [0.15, 0.2) is 30.3 Å². The number of aromatic amines is 1. The first-order valence-electron chi connectivity index (χ1n) is 9.17. The van der Waals surface area contributed by atoms with Gasteiger partial charge in [-0.2, -0.15) is 0 Å². The first-order valence-corrected chi connectivity index (χ1v) is 9.17. The van der Waals surface area contributed by atoms with Crippen molar-refractivity contribution in [2.24, 2.45) is 0 Å². The molecule has 1 heterocycles. The lowest BCUT2D eigenvalue weighted by atomic mass is 10.0. The van der Waals surface area contributed by atoms with E-state index in [1.807, 2.05) is 39.2 Å². The predicted octanol–water partition coefficient (Wildman–Crippen LogP) is 2.57. The number of nitrogens with zero attached hydrogens (tertiary/aromatic N) is 1. The van der Waals surface area contributed by atoms with Crippen molar-refractivity contribution in [1.82, 2.24) is 15.2 Å². The van der Waals surface area contributed by atoms with E-state index < -0.39 is 5.97 Å². The Morgan fingerprint density at radius 2 is 1.89 bits per heavy atom. The summed E-state index contributed by atoms with van der Waals surface area (Å²) in [5.74, 6) is -0.632. The summed E-state index contributed by atoms with van der Waals surface area (Å²) in [6.07, 6.45) is 1.46. The SMILES string of the molecule is CCc1[nH]c(C(=O)NCC(Cc2ccccc2)N(C)C)c(C)c1C(=O)OC. The molecule has 0 saturated carbocycles. The van der Waals surface area contributed by atoms with Crippen molar-refractivity contribution in [3.05, 3.63) is 58.4 Å². The molecule has 0 bridgehead atoms. The zero-order chi connectivity index (χ0) is 20.0. The molecular weight excluding hydrogens is 342 g/mol. The summed E-state index contributed by atoms with van der Waals surface area (Å²) in [5.41, 5.74) is 3.45. The fraction of sp³-hybridized carbons (Fsp3) is 0.429. The maximum absolute atomic E-state index is 12.7. The number of methoxy groups -OCH3 is 1. The summed E-state index contributed by atoms with van der Waals surface area (Å²) < 4.78 is 4.85. The molecule has 1 atom stereocenters. The van der Waals surface area contributed by atoms with E-state index >= 15 is 0 Å². The van der Waals surface area contributed by atoms with Crippen LogP contribution in [0.5, 0.6) is 0 Å². The first kappa shape index (κ1) is 20.7. The zero-order valence-electron chi connectivity index (χ0n) is 16.8. The molecule has 1 aromatic heterocycles. The highest BCUT2D eigenvalue weighted by atomic mass is 16.5. The number of aryl methyl sites for hydroxylation is 1. The fourth-order valence-electron chi connectivity index (χ4n) is 3.15. The van der Waals surface area contributed by atoms with Crippen molar-refractivity contribution in [1.29, 1.82) is 0 Å². The molecule has 1 unspecified atom stereocenters. The van der Waals surface area contributed by atoms with E-state index in [4.69, 9.17) is 4.74 Å². The van der Waals surface area contributed by atoms with Gasteiger partial charge >= 0.3 is 5.97 Å². The minimum absolute atomic E-state index is 0.164. The van der Waals surface area contributed by atoms with E-state index in [9.17, 15) is 9.59 Å². The number of benzene rings is 1. The van der Waals surface area contributed by atoms with Gasteiger partial charge in [-0.25, -0.2) is 4.79 Å². The van der Waals surface area contributed by atoms with Crippen molar-refractivity contribution in [2.45, 2.75) is 32.7 Å². The monoisotopic (exact) mass is 371 g/mol. The number of ether oxygens (including phenoxy) is 1. The summed E-state index contributed by atoms with van der Waals surface area (Å²) in [4.78, 5) is 29.9. The van der Waals surface area contributed by atoms with E-state index in [1.54, 1.807) is 6.92 Å². The Hall–Kier alpha value is -2.60. The molecule has 2 rings (SSSR count). The molecule has 0 aliphatic carbocycles. The van der Waals surface area contributed by atoms with Gasteiger partial charge in [0.05, 0.1) is 12.7 Å². The lowest BCUT2D eigenvalue weighted by Crippen LogP contribution is -2.41. The Labute approximate surface area is 160 Å². The highest BCUT2D eigenvalue weighted by Crippen LogP contribution is 2.20. The summed E-state index contributed by atoms with van der Waals surface area (Å²) in [5, 5.41) is 3.00. The smallest absolute Gasteiger partial charge is 0.339 e. The van der Waals surface area contributed by atoms with Crippen LogP contribution in [-0.4, -0.2) is 55.6 Å². The minimum atomic E-state index is -0.421. The fourth-order valence-corrected chi connectivity index (χ4v) is 3.15. The Kier molecular flexibility index (Phi) is 7.19. The predicted molar refractivity (Wildman–Crippen MR) is 106 cm³/mol. The Morgan fingerprint density at radius 1 is 1.22 bits per heavy atom. The molecule has 146 valence electrons. The summed E-state index contributed by atoms with van der Waals surface area (Å²) in [7, 11) is 5.35. The van der Waals surface area contributed by atoms with Gasteiger partial charge in [-0.15, -0.1) is 0 Å². The topological polar surface area (TPSA) is 74.4 Å². The Morgan fingerprint density at radius 3 is 2.44 bits per heavy atom. The summed E-state index contributed by atoms with van der Waals surface area (Å²) in [6, 6.07) is 10.4. The number of carbonyl (C=O) groups excluding carboxylic acids is 2. The number of hydrogen-bond donors (Lipinski definition) is 2. The number of likely N-dealkylation sites (N-methyl/N-ethyl adjacent to an activating group) is 1. The number of aromatic nitrogens is 1. The van der Waals surface area contributed by atoms with Gasteiger partial charge in [0.25, 0.3) is 5.91 Å². The quantitative estimate of drug-likeness (QED) is 0.700. The number of amides is 1. The molecule has 1 aromatic carbocycles. The molecular formula is C21H29N3O3. The van der Waals surface area contributed by atoms with Gasteiger partial charge < -0.3 is 19.9 Å². The van der Waals surface area contributed by atoms with Crippen LogP contribution >= 0.6 is 0 Å². The standard InChI is InChI=1S/C21H29N3O3/c1-6-17-18(21(26)27-5)14(2)19(23-17)20(25)22-13-16(24(3)4)12-15-10-8-7-9-11-15/h7-11,16,23H,6,12-13H2,1-5H3,(H,22,25). The van der Waals surface area contributed by atoms with Crippen LogP contribution in [-0.2, 0) is 17.6 Å². The van der Waals surface area contributed by atoms with Gasteiger partial charge in [0.2, 0.25) is 0 Å². The van der Waals surface area contributed by atoms with E-state index in [0.29, 0.717) is 29.8 Å². The number of rotatable bonds is 8. The second-order valence-corrected chi connectivity index (χ2v) is 6.84. The van der Waals surface area contributed by atoms with Gasteiger partial charge in [0.1, 0.15) is 5.69 Å². The van der Waals surface area contributed by atoms with Gasteiger partial charge in [-0.3, -0.25) is 4.79 Å². The Bertz CT molecular complexity index is 781. The maximum Gasteiger partial charge on any atom is 0.339 e. The van der Waals surface area contributed by atoms with E-state index in [0.717, 1.165) is 12.1 Å². The normalized spacial score (nSPS) is 12.1. The molecule has 6 heteroatoms. The van der Waals surface area contributed by atoms with E-state index in [2.05, 4.69) is 27.3 Å². The van der Waals surface area contributed by atoms with Crippen LogP contribution in [0.4, 0.5) is 0 Å². The minimum Gasteiger partial charge on any atom is -0.465 e. The third-order valence-electron chi connectivity index (χ3n) is 4.84. The van der Waals surface area contributed by atoms with Gasteiger partial charge in [-0.1, -0.05) is 37.3 Å².